The van der Waals surface area contributed by atoms with Gasteiger partial charge >= 0.3 is 0 Å². The molecule has 0 saturated carbocycles. The highest BCUT2D eigenvalue weighted by Gasteiger charge is 2.12. The van der Waals surface area contributed by atoms with E-state index in [1.165, 1.54) is 19.3 Å². The highest BCUT2D eigenvalue weighted by Crippen LogP contribution is 2.07. The molecule has 108 valence electrons. The summed E-state index contributed by atoms with van der Waals surface area (Å²) in [6.07, 6.45) is 5.44. The highest BCUT2D eigenvalue weighted by molar-refractivity contribution is 7.89. The van der Waals surface area contributed by atoms with Crippen LogP contribution in [-0.2, 0) is 10.0 Å². The molecule has 1 saturated heterocycles. The predicted octanol–water partition coefficient (Wildman–Crippen LogP) is 0.391. The second-order valence-corrected chi connectivity index (χ2v) is 6.85. The third-order valence-corrected chi connectivity index (χ3v) is 4.76. The minimum Gasteiger partial charge on any atom is -0.320 e. The van der Waals surface area contributed by atoms with Crippen LogP contribution in [0.1, 0.15) is 32.1 Å². The summed E-state index contributed by atoms with van der Waals surface area (Å²) in [5.74, 6) is 0.245. The van der Waals surface area contributed by atoms with Gasteiger partial charge in [0.25, 0.3) is 0 Å². The number of sulfonamides is 1. The topological polar surface area (TPSA) is 61.4 Å². The fourth-order valence-corrected chi connectivity index (χ4v) is 3.34. The number of nitrogens with zero attached hydrogens (tertiary/aromatic N) is 1. The van der Waals surface area contributed by atoms with Crippen LogP contribution in [0.3, 0.4) is 0 Å². The van der Waals surface area contributed by atoms with E-state index in [0.717, 1.165) is 39.0 Å². The van der Waals surface area contributed by atoms with Crippen LogP contribution in [0.25, 0.3) is 0 Å². The first-order chi connectivity index (χ1) is 8.64. The van der Waals surface area contributed by atoms with Crippen LogP contribution >= 0.6 is 0 Å². The van der Waals surface area contributed by atoms with Crippen molar-refractivity contribution in [3.05, 3.63) is 0 Å². The summed E-state index contributed by atoms with van der Waals surface area (Å²) in [6.45, 7) is 4.50. The zero-order valence-electron chi connectivity index (χ0n) is 11.5. The lowest BCUT2D eigenvalue weighted by molar-refractivity contribution is 0.233. The molecule has 1 aliphatic heterocycles. The van der Waals surface area contributed by atoms with Crippen molar-refractivity contribution in [2.24, 2.45) is 0 Å². The van der Waals surface area contributed by atoms with Gasteiger partial charge in [0, 0.05) is 13.1 Å². The van der Waals surface area contributed by atoms with Crippen LogP contribution in [0.15, 0.2) is 0 Å². The van der Waals surface area contributed by atoms with Crippen molar-refractivity contribution in [2.75, 3.05) is 45.5 Å². The Balaban J connectivity index is 2.08. The summed E-state index contributed by atoms with van der Waals surface area (Å²) in [5.41, 5.74) is 0. The van der Waals surface area contributed by atoms with Gasteiger partial charge in [0.15, 0.2) is 0 Å². The van der Waals surface area contributed by atoms with Gasteiger partial charge in [-0.25, -0.2) is 13.1 Å². The second-order valence-electron chi connectivity index (χ2n) is 4.93. The van der Waals surface area contributed by atoms with Crippen molar-refractivity contribution in [2.45, 2.75) is 32.1 Å². The van der Waals surface area contributed by atoms with Gasteiger partial charge in [-0.3, -0.25) is 0 Å². The van der Waals surface area contributed by atoms with Crippen LogP contribution in [0.2, 0.25) is 0 Å². The smallest absolute Gasteiger partial charge is 0.211 e. The summed E-state index contributed by atoms with van der Waals surface area (Å²) >= 11 is 0. The fourth-order valence-electron chi connectivity index (χ4n) is 2.21. The van der Waals surface area contributed by atoms with Gasteiger partial charge < -0.3 is 10.2 Å². The van der Waals surface area contributed by atoms with Gasteiger partial charge in [0.1, 0.15) is 0 Å². The number of piperidine rings is 1. The Morgan fingerprint density at radius 3 is 2.44 bits per heavy atom. The average Bonchev–Trinajstić information content (AvgIpc) is 2.36. The van der Waals surface area contributed by atoms with Crippen molar-refractivity contribution in [1.82, 2.24) is 14.9 Å². The summed E-state index contributed by atoms with van der Waals surface area (Å²) in [4.78, 5) is 2.34. The maximum atomic E-state index is 11.7. The molecule has 1 heterocycles. The molecule has 18 heavy (non-hydrogen) atoms. The molecule has 0 unspecified atom stereocenters. The Kier molecular flexibility index (Phi) is 7.81. The quantitative estimate of drug-likeness (QED) is 0.599. The molecule has 5 nitrogen and oxygen atoms in total. The molecule has 0 atom stereocenters. The Hall–Kier alpha value is -0.170. The van der Waals surface area contributed by atoms with Crippen LogP contribution in [0.5, 0.6) is 0 Å². The molecule has 0 aromatic carbocycles. The van der Waals surface area contributed by atoms with Crippen LogP contribution in [0.4, 0.5) is 0 Å². The van der Waals surface area contributed by atoms with Crippen molar-refractivity contribution < 1.29 is 8.42 Å². The molecular weight excluding hydrogens is 250 g/mol. The first kappa shape index (κ1) is 15.9. The Bertz CT molecular complexity index is 300. The monoisotopic (exact) mass is 277 g/mol. The zero-order valence-corrected chi connectivity index (χ0v) is 12.3. The Morgan fingerprint density at radius 2 is 1.78 bits per heavy atom. The van der Waals surface area contributed by atoms with E-state index in [4.69, 9.17) is 0 Å². The van der Waals surface area contributed by atoms with E-state index in [1.54, 1.807) is 0 Å². The summed E-state index contributed by atoms with van der Waals surface area (Å²) < 4.78 is 26.1. The minimum absolute atomic E-state index is 0.245. The fraction of sp³-hybridized carbons (Fsp3) is 1.00. The molecule has 0 radical (unpaired) electrons. The third kappa shape index (κ3) is 7.31. The number of unbranched alkanes of at least 4 members (excludes halogenated alkanes) is 1. The van der Waals surface area contributed by atoms with Crippen LogP contribution in [-0.4, -0.2) is 58.8 Å². The van der Waals surface area contributed by atoms with E-state index in [-0.39, 0.29) is 5.75 Å². The molecule has 0 bridgehead atoms. The third-order valence-electron chi connectivity index (χ3n) is 3.29. The number of hydrogen-bond acceptors (Lipinski definition) is 4. The molecule has 0 aromatic heterocycles. The molecule has 0 amide bonds. The lowest BCUT2D eigenvalue weighted by atomic mass is 10.1. The number of hydrogen-bond donors (Lipinski definition) is 2. The number of rotatable bonds is 9. The van der Waals surface area contributed by atoms with E-state index in [9.17, 15) is 8.42 Å². The molecular formula is C12H27N3O2S. The van der Waals surface area contributed by atoms with Crippen LogP contribution < -0.4 is 10.0 Å². The predicted molar refractivity (Wildman–Crippen MR) is 75.2 cm³/mol. The zero-order chi connectivity index (χ0) is 13.3. The van der Waals surface area contributed by atoms with E-state index in [0.29, 0.717) is 6.54 Å². The van der Waals surface area contributed by atoms with Crippen molar-refractivity contribution in [3.63, 3.8) is 0 Å². The number of likely N-dealkylation sites (tertiary alicyclic amines) is 1. The maximum absolute atomic E-state index is 11.7. The SMILES string of the molecule is CNCCCCS(=O)(=O)NCCN1CCCCC1. The number of nitrogens with one attached hydrogen (secondary N) is 2. The van der Waals surface area contributed by atoms with E-state index < -0.39 is 10.0 Å². The molecule has 1 rings (SSSR count). The molecule has 1 fully saturated rings. The average molecular weight is 277 g/mol. The van der Waals surface area contributed by atoms with Gasteiger partial charge in [0.2, 0.25) is 10.0 Å². The molecule has 0 aromatic rings. The molecule has 6 heteroatoms. The summed E-state index contributed by atoms with van der Waals surface area (Å²) in [6, 6.07) is 0. The molecule has 0 aliphatic carbocycles. The summed E-state index contributed by atoms with van der Waals surface area (Å²) in [5, 5.41) is 3.02. The van der Waals surface area contributed by atoms with Gasteiger partial charge in [-0.05, 0) is 52.4 Å². The molecule has 0 spiro atoms. The molecule has 1 aliphatic rings. The lowest BCUT2D eigenvalue weighted by Gasteiger charge is -2.26. The van der Waals surface area contributed by atoms with Crippen molar-refractivity contribution in [1.29, 1.82) is 0 Å². The maximum Gasteiger partial charge on any atom is 0.211 e. The first-order valence-corrected chi connectivity index (χ1v) is 8.63. The highest BCUT2D eigenvalue weighted by atomic mass is 32.2. The van der Waals surface area contributed by atoms with Crippen molar-refractivity contribution in [3.8, 4) is 0 Å². The van der Waals surface area contributed by atoms with Gasteiger partial charge in [-0.1, -0.05) is 6.42 Å². The minimum atomic E-state index is -3.07. The lowest BCUT2D eigenvalue weighted by Crippen LogP contribution is -2.38. The van der Waals surface area contributed by atoms with Crippen LogP contribution in [0, 0.1) is 0 Å². The Morgan fingerprint density at radius 1 is 1.06 bits per heavy atom. The van der Waals surface area contributed by atoms with Crippen molar-refractivity contribution >= 4 is 10.0 Å². The Labute approximate surface area is 111 Å². The standard InChI is InChI=1S/C12H27N3O2S/c1-13-7-3-6-12-18(16,17)14-8-11-15-9-4-2-5-10-15/h13-14H,2-12H2,1H3. The van der Waals surface area contributed by atoms with Gasteiger partial charge in [-0.2, -0.15) is 0 Å². The largest absolute Gasteiger partial charge is 0.320 e. The second kappa shape index (κ2) is 8.85. The van der Waals surface area contributed by atoms with E-state index in [2.05, 4.69) is 14.9 Å². The van der Waals surface area contributed by atoms with E-state index >= 15 is 0 Å². The van der Waals surface area contributed by atoms with E-state index in [1.807, 2.05) is 7.05 Å². The normalized spacial score (nSPS) is 18.1. The summed E-state index contributed by atoms with van der Waals surface area (Å²) in [7, 11) is -1.19. The first-order valence-electron chi connectivity index (χ1n) is 6.98. The van der Waals surface area contributed by atoms with Gasteiger partial charge in [0.05, 0.1) is 5.75 Å². The van der Waals surface area contributed by atoms with Gasteiger partial charge in [-0.15, -0.1) is 0 Å². The molecule has 2 N–H and O–H groups in total.